The molecule has 0 aliphatic rings. The molecule has 2 N–H and O–H groups in total. The summed E-state index contributed by atoms with van der Waals surface area (Å²) in [6, 6.07) is 4.45. The van der Waals surface area contributed by atoms with Crippen molar-refractivity contribution in [1.82, 2.24) is 10.2 Å². The second kappa shape index (κ2) is 6.08. The van der Waals surface area contributed by atoms with Crippen molar-refractivity contribution < 1.29 is 21.9 Å². The van der Waals surface area contributed by atoms with Crippen LogP contribution in [0.25, 0.3) is 0 Å². The molecule has 6 nitrogen and oxygen atoms in total. The molecule has 2 rings (SSSR count). The molecule has 0 spiro atoms. The third kappa shape index (κ3) is 3.91. The normalized spacial score (nSPS) is 11.6. The fourth-order valence-corrected chi connectivity index (χ4v) is 2.53. The van der Waals surface area contributed by atoms with Crippen molar-refractivity contribution in [3.63, 3.8) is 0 Å². The molecule has 0 atom stereocenters. The van der Waals surface area contributed by atoms with Crippen molar-refractivity contribution in [3.8, 4) is 5.75 Å². The highest BCUT2D eigenvalue weighted by molar-refractivity contribution is 7.92. The van der Waals surface area contributed by atoms with E-state index in [0.29, 0.717) is 5.56 Å². The number of benzene rings is 1. The molecule has 114 valence electrons. The van der Waals surface area contributed by atoms with Gasteiger partial charge in [0.2, 0.25) is 0 Å². The maximum atomic E-state index is 12.2. The Kier molecular flexibility index (Phi) is 4.41. The van der Waals surface area contributed by atoms with E-state index in [-0.39, 0.29) is 16.3 Å². The van der Waals surface area contributed by atoms with Gasteiger partial charge in [-0.2, -0.15) is 5.10 Å². The first-order valence-corrected chi connectivity index (χ1v) is 7.40. The summed E-state index contributed by atoms with van der Waals surface area (Å²) in [5, 5.41) is 5.96. The Morgan fingerprint density at radius 3 is 2.81 bits per heavy atom. The lowest BCUT2D eigenvalue weighted by atomic mass is 10.2. The summed E-state index contributed by atoms with van der Waals surface area (Å²) in [5.74, 6) is 0.197. The fourth-order valence-electron chi connectivity index (χ4n) is 1.57. The van der Waals surface area contributed by atoms with Crippen LogP contribution < -0.4 is 9.46 Å². The van der Waals surface area contributed by atoms with Crippen molar-refractivity contribution in [2.45, 2.75) is 18.2 Å². The van der Waals surface area contributed by atoms with Crippen LogP contribution in [0.1, 0.15) is 5.56 Å². The molecule has 21 heavy (non-hydrogen) atoms. The number of ether oxygens (including phenoxy) is 1. The Morgan fingerprint density at radius 2 is 2.19 bits per heavy atom. The Balaban J connectivity index is 2.19. The molecule has 0 fully saturated rings. The van der Waals surface area contributed by atoms with E-state index in [1.165, 1.54) is 18.3 Å². The highest BCUT2D eigenvalue weighted by Gasteiger charge is 2.16. The molecule has 2 aromatic rings. The Bertz CT molecular complexity index is 703. The summed E-state index contributed by atoms with van der Waals surface area (Å²) < 4.78 is 55.6. The molecule has 9 heteroatoms. The van der Waals surface area contributed by atoms with Gasteiger partial charge in [0.1, 0.15) is 17.3 Å². The van der Waals surface area contributed by atoms with Crippen LogP contribution in [0.2, 0.25) is 0 Å². The average molecular weight is 317 g/mol. The van der Waals surface area contributed by atoms with Crippen molar-refractivity contribution in [1.29, 1.82) is 0 Å². The molecule has 1 aromatic heterocycles. The van der Waals surface area contributed by atoms with Crippen LogP contribution in [0.15, 0.2) is 35.5 Å². The number of nitrogens with one attached hydrogen (secondary N) is 2. The van der Waals surface area contributed by atoms with Gasteiger partial charge in [0.15, 0.2) is 0 Å². The molecule has 0 radical (unpaired) electrons. The van der Waals surface area contributed by atoms with E-state index in [4.69, 9.17) is 4.74 Å². The zero-order chi connectivity index (χ0) is 15.5. The predicted octanol–water partition coefficient (Wildman–Crippen LogP) is 2.16. The minimum atomic E-state index is -3.78. The van der Waals surface area contributed by atoms with Gasteiger partial charge in [-0.15, -0.1) is 0 Å². The fraction of sp³-hybridized carbons (Fsp3) is 0.250. The summed E-state index contributed by atoms with van der Waals surface area (Å²) in [7, 11) is -3.78. The minimum absolute atomic E-state index is 0.0295. The molecule has 0 aliphatic carbocycles. The first-order valence-electron chi connectivity index (χ1n) is 5.91. The number of aromatic amines is 1. The lowest BCUT2D eigenvalue weighted by molar-refractivity contribution is 0.0816. The quantitative estimate of drug-likeness (QED) is 0.855. The van der Waals surface area contributed by atoms with Crippen LogP contribution in [0.5, 0.6) is 5.75 Å². The van der Waals surface area contributed by atoms with Gasteiger partial charge in [-0.3, -0.25) is 9.82 Å². The van der Waals surface area contributed by atoms with Gasteiger partial charge in [0.25, 0.3) is 16.4 Å². The number of rotatable bonds is 6. The summed E-state index contributed by atoms with van der Waals surface area (Å²) in [6.45, 7) is 0.925. The highest BCUT2D eigenvalue weighted by Crippen LogP contribution is 2.24. The molecule has 0 bridgehead atoms. The Labute approximate surface area is 120 Å². The molecule has 0 saturated heterocycles. The van der Waals surface area contributed by atoms with E-state index in [9.17, 15) is 17.2 Å². The summed E-state index contributed by atoms with van der Waals surface area (Å²) in [6.07, 6.45) is -0.217. The number of anilines is 1. The topological polar surface area (TPSA) is 84.1 Å². The summed E-state index contributed by atoms with van der Waals surface area (Å²) >= 11 is 0. The van der Waals surface area contributed by atoms with Crippen LogP contribution in [-0.2, 0) is 10.0 Å². The zero-order valence-corrected chi connectivity index (χ0v) is 11.8. The third-order valence-corrected chi connectivity index (χ3v) is 3.94. The standard InChI is InChI=1S/C12H13F2N3O3S/c1-8-2-3-9(4-11(8)20-7-12(13)14)17-21(18,19)10-5-15-16-6-10/h2-6,12,17H,7H2,1H3,(H,15,16). The van der Waals surface area contributed by atoms with Crippen molar-refractivity contribution in [2.24, 2.45) is 0 Å². The molecule has 0 saturated carbocycles. The van der Waals surface area contributed by atoms with Gasteiger partial charge in [-0.05, 0) is 18.6 Å². The van der Waals surface area contributed by atoms with Gasteiger partial charge in [0.05, 0.1) is 11.9 Å². The van der Waals surface area contributed by atoms with Gasteiger partial charge >= 0.3 is 0 Å². The number of halogens is 2. The van der Waals surface area contributed by atoms with Crippen LogP contribution in [0, 0.1) is 6.92 Å². The SMILES string of the molecule is Cc1ccc(NS(=O)(=O)c2cn[nH]c2)cc1OCC(F)F. The number of aromatic nitrogens is 2. The number of sulfonamides is 1. The summed E-state index contributed by atoms with van der Waals surface area (Å²) in [5.41, 5.74) is 0.841. The largest absolute Gasteiger partial charge is 0.487 e. The van der Waals surface area contributed by atoms with E-state index in [1.54, 1.807) is 13.0 Å². The number of aryl methyl sites for hydroxylation is 1. The number of nitrogens with zero attached hydrogens (tertiary/aromatic N) is 1. The number of hydrogen-bond donors (Lipinski definition) is 2. The predicted molar refractivity (Wildman–Crippen MR) is 72.1 cm³/mol. The molecular formula is C12H13F2N3O3S. The molecule has 0 amide bonds. The van der Waals surface area contributed by atoms with Gasteiger partial charge < -0.3 is 4.74 Å². The van der Waals surface area contributed by atoms with Crippen LogP contribution >= 0.6 is 0 Å². The van der Waals surface area contributed by atoms with Crippen LogP contribution in [0.4, 0.5) is 14.5 Å². The zero-order valence-electron chi connectivity index (χ0n) is 11.0. The van der Waals surface area contributed by atoms with E-state index < -0.39 is 23.1 Å². The molecule has 0 unspecified atom stereocenters. The van der Waals surface area contributed by atoms with Crippen LogP contribution in [-0.4, -0.2) is 31.6 Å². The van der Waals surface area contributed by atoms with Crippen molar-refractivity contribution >= 4 is 15.7 Å². The smallest absolute Gasteiger partial charge is 0.272 e. The highest BCUT2D eigenvalue weighted by atomic mass is 32.2. The lowest BCUT2D eigenvalue weighted by Crippen LogP contribution is -2.13. The number of alkyl halides is 2. The maximum absolute atomic E-state index is 12.2. The number of hydrogen-bond acceptors (Lipinski definition) is 4. The Morgan fingerprint density at radius 1 is 1.43 bits per heavy atom. The molecule has 0 aliphatic heterocycles. The third-order valence-electron chi connectivity index (χ3n) is 2.59. The maximum Gasteiger partial charge on any atom is 0.272 e. The van der Waals surface area contributed by atoms with Crippen molar-refractivity contribution in [2.75, 3.05) is 11.3 Å². The summed E-state index contributed by atoms with van der Waals surface area (Å²) in [4.78, 5) is -0.0295. The second-order valence-corrected chi connectivity index (χ2v) is 5.90. The second-order valence-electron chi connectivity index (χ2n) is 4.22. The average Bonchev–Trinajstić information content (AvgIpc) is 2.93. The number of H-pyrrole nitrogens is 1. The lowest BCUT2D eigenvalue weighted by Gasteiger charge is -2.12. The molecule has 1 aromatic carbocycles. The van der Waals surface area contributed by atoms with Gasteiger partial charge in [0, 0.05) is 12.3 Å². The van der Waals surface area contributed by atoms with Crippen molar-refractivity contribution in [3.05, 3.63) is 36.2 Å². The first-order chi connectivity index (χ1) is 9.88. The van der Waals surface area contributed by atoms with Gasteiger partial charge in [-0.25, -0.2) is 17.2 Å². The van der Waals surface area contributed by atoms with E-state index in [0.717, 1.165) is 6.20 Å². The minimum Gasteiger partial charge on any atom is -0.487 e. The van der Waals surface area contributed by atoms with Crippen LogP contribution in [0.3, 0.4) is 0 Å². The van der Waals surface area contributed by atoms with E-state index in [1.807, 2.05) is 0 Å². The molecule has 1 heterocycles. The Hall–Kier alpha value is -2.16. The van der Waals surface area contributed by atoms with E-state index in [2.05, 4.69) is 14.9 Å². The molecular weight excluding hydrogens is 304 g/mol. The van der Waals surface area contributed by atoms with Gasteiger partial charge in [-0.1, -0.05) is 6.07 Å². The monoisotopic (exact) mass is 317 g/mol. The first kappa shape index (κ1) is 15.2. The van der Waals surface area contributed by atoms with E-state index >= 15 is 0 Å².